The standard InChI is InChI=1S/C18H22BN2O4P/c1-23-15-9-11(8-14(19)17(15)25-3)10-20-21-18(22)16(24-2)12-4-6-13(26)7-5-12/h4-10,16H,19,26H2,1-3H3,(H,21,22)/b20-10+. The second kappa shape index (κ2) is 9.37. The summed E-state index contributed by atoms with van der Waals surface area (Å²) >= 11 is 0. The van der Waals surface area contributed by atoms with Crippen LogP contribution in [0.3, 0.4) is 0 Å². The Balaban J connectivity index is 2.10. The molecule has 6 nitrogen and oxygen atoms in total. The zero-order valence-electron chi connectivity index (χ0n) is 15.3. The van der Waals surface area contributed by atoms with E-state index in [1.807, 2.05) is 38.2 Å². The van der Waals surface area contributed by atoms with Gasteiger partial charge >= 0.3 is 0 Å². The van der Waals surface area contributed by atoms with Gasteiger partial charge in [0.25, 0.3) is 5.91 Å². The lowest BCUT2D eigenvalue weighted by Crippen LogP contribution is -2.26. The van der Waals surface area contributed by atoms with Crippen LogP contribution in [0.25, 0.3) is 0 Å². The maximum absolute atomic E-state index is 12.3. The first-order valence-electron chi connectivity index (χ1n) is 7.94. The van der Waals surface area contributed by atoms with Crippen molar-refractivity contribution in [2.75, 3.05) is 21.3 Å². The van der Waals surface area contributed by atoms with Gasteiger partial charge in [0.2, 0.25) is 0 Å². The largest absolute Gasteiger partial charge is 0.493 e. The summed E-state index contributed by atoms with van der Waals surface area (Å²) in [4.78, 5) is 12.3. The number of hydrogen-bond donors (Lipinski definition) is 1. The SMILES string of the molecule is Bc1cc(/C=N/NC(=O)C(OC)c2ccc(P)cc2)cc(OC)c1OC. The number of rotatable bonds is 7. The fourth-order valence-corrected chi connectivity index (χ4v) is 2.74. The molecule has 1 N–H and O–H groups in total. The van der Waals surface area contributed by atoms with Crippen LogP contribution < -0.4 is 25.7 Å². The minimum absolute atomic E-state index is 0.350. The van der Waals surface area contributed by atoms with Gasteiger partial charge in [0.1, 0.15) is 7.85 Å². The molecule has 0 saturated heterocycles. The zero-order valence-corrected chi connectivity index (χ0v) is 16.4. The molecule has 0 aliphatic rings. The lowest BCUT2D eigenvalue weighted by molar-refractivity contribution is -0.131. The smallest absolute Gasteiger partial charge is 0.273 e. The number of nitrogens with one attached hydrogen (secondary N) is 1. The molecule has 2 aromatic carbocycles. The van der Waals surface area contributed by atoms with E-state index in [4.69, 9.17) is 14.2 Å². The molecular weight excluding hydrogens is 350 g/mol. The molecule has 26 heavy (non-hydrogen) atoms. The predicted octanol–water partition coefficient (Wildman–Crippen LogP) is 0.300. The summed E-state index contributed by atoms with van der Waals surface area (Å²) in [6, 6.07) is 11.2. The monoisotopic (exact) mass is 372 g/mol. The average Bonchev–Trinajstić information content (AvgIpc) is 2.63. The van der Waals surface area contributed by atoms with E-state index in [1.54, 1.807) is 26.5 Å². The summed E-state index contributed by atoms with van der Waals surface area (Å²) in [6.45, 7) is 0. The van der Waals surface area contributed by atoms with Crippen LogP contribution in [0, 0.1) is 0 Å². The molecule has 0 radical (unpaired) electrons. The Morgan fingerprint density at radius 1 is 1.19 bits per heavy atom. The maximum atomic E-state index is 12.3. The van der Waals surface area contributed by atoms with E-state index < -0.39 is 6.10 Å². The van der Waals surface area contributed by atoms with E-state index >= 15 is 0 Å². The van der Waals surface area contributed by atoms with E-state index in [9.17, 15) is 4.79 Å². The number of hydrogen-bond acceptors (Lipinski definition) is 5. The number of carbonyl (C=O) groups is 1. The zero-order chi connectivity index (χ0) is 19.1. The summed E-state index contributed by atoms with van der Waals surface area (Å²) < 4.78 is 15.9. The fraction of sp³-hybridized carbons (Fsp3) is 0.222. The van der Waals surface area contributed by atoms with Gasteiger partial charge in [-0.3, -0.25) is 4.79 Å². The Hall–Kier alpha value is -2.37. The van der Waals surface area contributed by atoms with Crippen molar-refractivity contribution in [3.8, 4) is 11.5 Å². The number of nitrogens with zero attached hydrogens (tertiary/aromatic N) is 1. The van der Waals surface area contributed by atoms with E-state index in [1.165, 1.54) is 7.11 Å². The molecule has 0 heterocycles. The number of ether oxygens (including phenoxy) is 3. The average molecular weight is 372 g/mol. The van der Waals surface area contributed by atoms with Crippen molar-refractivity contribution in [1.29, 1.82) is 0 Å². The number of benzene rings is 2. The Labute approximate surface area is 156 Å². The van der Waals surface area contributed by atoms with E-state index in [0.29, 0.717) is 11.5 Å². The Morgan fingerprint density at radius 3 is 2.46 bits per heavy atom. The van der Waals surface area contributed by atoms with Crippen LogP contribution in [0.4, 0.5) is 0 Å². The third-order valence-corrected chi connectivity index (χ3v) is 4.17. The first-order chi connectivity index (χ1) is 12.5. The third kappa shape index (κ3) is 4.84. The van der Waals surface area contributed by atoms with Gasteiger partial charge in [-0.25, -0.2) is 5.43 Å². The molecule has 0 spiro atoms. The molecule has 2 aromatic rings. The van der Waals surface area contributed by atoms with Crippen LogP contribution in [0.2, 0.25) is 0 Å². The van der Waals surface area contributed by atoms with E-state index in [2.05, 4.69) is 19.8 Å². The topological polar surface area (TPSA) is 69.2 Å². The van der Waals surface area contributed by atoms with E-state index in [0.717, 1.165) is 21.9 Å². The highest BCUT2D eigenvalue weighted by Gasteiger charge is 2.19. The molecule has 0 aliphatic carbocycles. The van der Waals surface area contributed by atoms with Crippen LogP contribution >= 0.6 is 9.24 Å². The molecule has 2 rings (SSSR count). The van der Waals surface area contributed by atoms with Crippen molar-refractivity contribution in [2.24, 2.45) is 5.10 Å². The molecule has 8 heteroatoms. The molecule has 0 aromatic heterocycles. The quantitative estimate of drug-likeness (QED) is 0.329. The number of methoxy groups -OCH3 is 3. The highest BCUT2D eigenvalue weighted by molar-refractivity contribution is 7.27. The molecule has 0 saturated carbocycles. The van der Waals surface area contributed by atoms with Gasteiger partial charge in [-0.1, -0.05) is 30.3 Å². The van der Waals surface area contributed by atoms with Crippen LogP contribution in [-0.2, 0) is 9.53 Å². The van der Waals surface area contributed by atoms with Crippen LogP contribution in [-0.4, -0.2) is 41.3 Å². The molecule has 1 amide bonds. The lowest BCUT2D eigenvalue weighted by atomic mass is 9.92. The first-order valence-corrected chi connectivity index (χ1v) is 8.51. The molecule has 2 unspecified atom stereocenters. The highest BCUT2D eigenvalue weighted by atomic mass is 31.0. The number of hydrazone groups is 1. The summed E-state index contributed by atoms with van der Waals surface area (Å²) in [6.07, 6.45) is 0.815. The van der Waals surface area contributed by atoms with Gasteiger partial charge in [0, 0.05) is 7.11 Å². The van der Waals surface area contributed by atoms with Crippen molar-refractivity contribution < 1.29 is 19.0 Å². The van der Waals surface area contributed by atoms with Crippen LogP contribution in [0.1, 0.15) is 17.2 Å². The molecular formula is C18H22BN2O4P. The first kappa shape index (κ1) is 20.0. The minimum atomic E-state index is -0.732. The Kier molecular flexibility index (Phi) is 7.19. The minimum Gasteiger partial charge on any atom is -0.493 e. The van der Waals surface area contributed by atoms with Gasteiger partial charge in [0.05, 0.1) is 20.4 Å². The van der Waals surface area contributed by atoms with Gasteiger partial charge in [-0.15, -0.1) is 9.24 Å². The molecule has 0 bridgehead atoms. The van der Waals surface area contributed by atoms with Gasteiger partial charge in [-0.05, 0) is 28.0 Å². The lowest BCUT2D eigenvalue weighted by Gasteiger charge is -2.14. The maximum Gasteiger partial charge on any atom is 0.273 e. The van der Waals surface area contributed by atoms with Crippen molar-refractivity contribution >= 4 is 40.0 Å². The van der Waals surface area contributed by atoms with Crippen molar-refractivity contribution in [2.45, 2.75) is 6.10 Å². The fourth-order valence-electron chi connectivity index (χ4n) is 2.55. The molecule has 136 valence electrons. The molecule has 0 aliphatic heterocycles. The third-order valence-electron chi connectivity index (χ3n) is 3.79. The summed E-state index contributed by atoms with van der Waals surface area (Å²) in [7, 11) is 9.16. The molecule has 0 fully saturated rings. The summed E-state index contributed by atoms with van der Waals surface area (Å²) in [5, 5.41) is 5.05. The highest BCUT2D eigenvalue weighted by Crippen LogP contribution is 2.24. The van der Waals surface area contributed by atoms with Crippen LogP contribution in [0.15, 0.2) is 41.5 Å². The summed E-state index contributed by atoms with van der Waals surface area (Å²) in [5.74, 6) is 0.927. The van der Waals surface area contributed by atoms with Crippen molar-refractivity contribution in [3.05, 3.63) is 47.5 Å². The van der Waals surface area contributed by atoms with Crippen LogP contribution in [0.5, 0.6) is 11.5 Å². The van der Waals surface area contributed by atoms with Crippen molar-refractivity contribution in [1.82, 2.24) is 5.43 Å². The Morgan fingerprint density at radius 2 is 1.88 bits per heavy atom. The predicted molar refractivity (Wildman–Crippen MR) is 109 cm³/mol. The summed E-state index contributed by atoms with van der Waals surface area (Å²) in [5.41, 5.74) is 4.96. The van der Waals surface area contributed by atoms with Gasteiger partial charge < -0.3 is 14.2 Å². The van der Waals surface area contributed by atoms with E-state index in [-0.39, 0.29) is 5.91 Å². The van der Waals surface area contributed by atoms with Gasteiger partial charge in [0.15, 0.2) is 17.6 Å². The van der Waals surface area contributed by atoms with Crippen molar-refractivity contribution in [3.63, 3.8) is 0 Å². The van der Waals surface area contributed by atoms with Gasteiger partial charge in [-0.2, -0.15) is 5.10 Å². The normalized spacial score (nSPS) is 12.0. The Bertz CT molecular complexity index is 797. The second-order valence-electron chi connectivity index (χ2n) is 5.59. The number of amides is 1. The number of carbonyl (C=O) groups excluding carboxylic acids is 1. The second-order valence-corrected chi connectivity index (χ2v) is 6.26. The molecule has 2 atom stereocenters.